The molecule has 0 aromatic carbocycles. The van der Waals surface area contributed by atoms with Gasteiger partial charge in [-0.3, -0.25) is 0 Å². The van der Waals surface area contributed by atoms with E-state index in [1.54, 1.807) is 4.68 Å². The van der Waals surface area contributed by atoms with Gasteiger partial charge in [-0.25, -0.2) is 9.97 Å². The van der Waals surface area contributed by atoms with Crippen LogP contribution in [0.5, 0.6) is 0 Å². The molecule has 68 valence electrons. The Morgan fingerprint density at radius 1 is 1.38 bits per heavy atom. The van der Waals surface area contributed by atoms with Gasteiger partial charge in [-0.15, -0.1) is 16.4 Å². The van der Waals surface area contributed by atoms with Gasteiger partial charge >= 0.3 is 0 Å². The zero-order chi connectivity index (χ0) is 9.42. The van der Waals surface area contributed by atoms with Crippen LogP contribution in [0.3, 0.4) is 0 Å². The molecule has 4 nitrogen and oxygen atoms in total. The summed E-state index contributed by atoms with van der Waals surface area (Å²) in [6.07, 6.45) is 0. The van der Waals surface area contributed by atoms with Crippen molar-refractivity contribution in [1.82, 2.24) is 19.7 Å². The number of halogens is 1. The highest BCUT2D eigenvalue weighted by molar-refractivity contribution is 9.10. The van der Waals surface area contributed by atoms with E-state index >= 15 is 0 Å². The highest BCUT2D eigenvalue weighted by Crippen LogP contribution is 2.18. The topological polar surface area (TPSA) is 43.6 Å². The first-order chi connectivity index (χ1) is 6.16. The minimum Gasteiger partial charge on any atom is -0.217 e. The molecule has 0 saturated heterocycles. The van der Waals surface area contributed by atoms with E-state index in [0.717, 1.165) is 21.4 Å². The summed E-state index contributed by atoms with van der Waals surface area (Å²) in [5, 5.41) is 6.99. The minimum atomic E-state index is 0.767. The predicted molar refractivity (Wildman–Crippen MR) is 54.2 cm³/mol. The number of thiazole rings is 1. The lowest BCUT2D eigenvalue weighted by Crippen LogP contribution is -1.98. The fourth-order valence-corrected chi connectivity index (χ4v) is 2.29. The van der Waals surface area contributed by atoms with Crippen molar-refractivity contribution in [2.75, 3.05) is 0 Å². The maximum absolute atomic E-state index is 4.25. The number of aromatic nitrogens is 4. The van der Waals surface area contributed by atoms with Gasteiger partial charge < -0.3 is 0 Å². The molecule has 0 N–H and O–H groups in total. The first kappa shape index (κ1) is 8.83. The molecule has 0 amide bonds. The Morgan fingerprint density at radius 3 is 2.62 bits per heavy atom. The van der Waals surface area contributed by atoms with Gasteiger partial charge in [0.2, 0.25) is 5.13 Å². The molecule has 0 aliphatic heterocycles. The van der Waals surface area contributed by atoms with Crippen molar-refractivity contribution in [1.29, 1.82) is 0 Å². The van der Waals surface area contributed by atoms with E-state index in [4.69, 9.17) is 0 Å². The molecule has 0 aliphatic carbocycles. The highest BCUT2D eigenvalue weighted by Gasteiger charge is 2.07. The lowest BCUT2D eigenvalue weighted by atomic mass is 10.7. The quantitative estimate of drug-likeness (QED) is 0.787. The molecule has 13 heavy (non-hydrogen) atoms. The Labute approximate surface area is 87.8 Å². The molecule has 2 aromatic rings. The maximum Gasteiger partial charge on any atom is 0.213 e. The second-order valence-corrected chi connectivity index (χ2v) is 4.22. The first-order valence-electron chi connectivity index (χ1n) is 3.68. The van der Waals surface area contributed by atoms with Crippen molar-refractivity contribution in [3.63, 3.8) is 0 Å². The zero-order valence-electron chi connectivity index (χ0n) is 7.15. The van der Waals surface area contributed by atoms with Crippen molar-refractivity contribution in [3.05, 3.63) is 21.6 Å². The van der Waals surface area contributed by atoms with Gasteiger partial charge in [-0.05, 0) is 29.8 Å². The van der Waals surface area contributed by atoms with Crippen molar-refractivity contribution in [2.45, 2.75) is 13.8 Å². The molecule has 6 heteroatoms. The third kappa shape index (κ3) is 1.64. The minimum absolute atomic E-state index is 0.767. The van der Waals surface area contributed by atoms with Gasteiger partial charge in [0, 0.05) is 5.38 Å². The van der Waals surface area contributed by atoms with Gasteiger partial charge in [-0.1, -0.05) is 0 Å². The first-order valence-corrected chi connectivity index (χ1v) is 5.36. The third-order valence-corrected chi connectivity index (χ3v) is 3.05. The van der Waals surface area contributed by atoms with Crippen molar-refractivity contribution < 1.29 is 0 Å². The van der Waals surface area contributed by atoms with E-state index < -0.39 is 0 Å². The van der Waals surface area contributed by atoms with E-state index in [1.807, 2.05) is 19.2 Å². The van der Waals surface area contributed by atoms with E-state index in [2.05, 4.69) is 31.0 Å². The number of nitrogens with zero attached hydrogens (tertiary/aromatic N) is 4. The molecule has 0 fully saturated rings. The van der Waals surface area contributed by atoms with Crippen LogP contribution in [-0.2, 0) is 0 Å². The van der Waals surface area contributed by atoms with Crippen molar-refractivity contribution >= 4 is 27.3 Å². The van der Waals surface area contributed by atoms with Gasteiger partial charge in [0.15, 0.2) is 0 Å². The van der Waals surface area contributed by atoms with Crippen LogP contribution >= 0.6 is 27.3 Å². The normalized spacial score (nSPS) is 10.7. The van der Waals surface area contributed by atoms with Crippen LogP contribution in [0.4, 0.5) is 0 Å². The Balaban J connectivity index is 2.51. The monoisotopic (exact) mass is 258 g/mol. The van der Waals surface area contributed by atoms with Crippen LogP contribution < -0.4 is 0 Å². The Kier molecular flexibility index (Phi) is 2.17. The number of hydrogen-bond acceptors (Lipinski definition) is 4. The lowest BCUT2D eigenvalue weighted by Gasteiger charge is -1.94. The van der Waals surface area contributed by atoms with E-state index in [-0.39, 0.29) is 0 Å². The summed E-state index contributed by atoms with van der Waals surface area (Å²) in [4.78, 5) is 8.45. The fourth-order valence-electron chi connectivity index (χ4n) is 1.04. The zero-order valence-corrected chi connectivity index (χ0v) is 9.55. The molecule has 2 heterocycles. The van der Waals surface area contributed by atoms with Crippen LogP contribution in [0, 0.1) is 13.8 Å². The van der Waals surface area contributed by atoms with E-state index in [9.17, 15) is 0 Å². The van der Waals surface area contributed by atoms with Gasteiger partial charge in [0.25, 0.3) is 0 Å². The van der Waals surface area contributed by atoms with Crippen molar-refractivity contribution in [3.8, 4) is 5.13 Å². The third-order valence-electron chi connectivity index (χ3n) is 1.52. The van der Waals surface area contributed by atoms with E-state index in [1.165, 1.54) is 11.3 Å². The molecule has 0 radical (unpaired) electrons. The number of aryl methyl sites for hydroxylation is 2. The van der Waals surface area contributed by atoms with Crippen LogP contribution in [0.2, 0.25) is 0 Å². The Morgan fingerprint density at radius 2 is 2.15 bits per heavy atom. The summed E-state index contributed by atoms with van der Waals surface area (Å²) in [5.41, 5.74) is 0. The van der Waals surface area contributed by atoms with Gasteiger partial charge in [0.1, 0.15) is 16.3 Å². The standard InChI is InChI=1S/C7H7BrN4S/c1-4-9-5(2)12(11-4)7-10-6(8)3-13-7/h3H,1-2H3. The molecular weight excluding hydrogens is 252 g/mol. The largest absolute Gasteiger partial charge is 0.217 e. The summed E-state index contributed by atoms with van der Waals surface area (Å²) < 4.78 is 2.57. The highest BCUT2D eigenvalue weighted by atomic mass is 79.9. The molecule has 0 aliphatic rings. The molecule has 0 atom stereocenters. The van der Waals surface area contributed by atoms with Crippen LogP contribution in [0.1, 0.15) is 11.6 Å². The average molecular weight is 259 g/mol. The second-order valence-electron chi connectivity index (χ2n) is 2.57. The van der Waals surface area contributed by atoms with E-state index in [0.29, 0.717) is 0 Å². The molecule has 0 bridgehead atoms. The smallest absolute Gasteiger partial charge is 0.213 e. The summed E-state index contributed by atoms with van der Waals surface area (Å²) in [7, 11) is 0. The van der Waals surface area contributed by atoms with Crippen LogP contribution in [-0.4, -0.2) is 19.7 Å². The summed E-state index contributed by atoms with van der Waals surface area (Å²) >= 11 is 4.83. The molecule has 0 saturated carbocycles. The van der Waals surface area contributed by atoms with Crippen molar-refractivity contribution in [2.24, 2.45) is 0 Å². The van der Waals surface area contributed by atoms with Gasteiger partial charge in [-0.2, -0.15) is 4.68 Å². The average Bonchev–Trinajstić information content (AvgIpc) is 2.58. The number of rotatable bonds is 1. The summed E-state index contributed by atoms with van der Waals surface area (Å²) in [5.74, 6) is 1.63. The Bertz CT molecular complexity index is 433. The van der Waals surface area contributed by atoms with Crippen LogP contribution in [0.15, 0.2) is 9.98 Å². The van der Waals surface area contributed by atoms with Crippen LogP contribution in [0.25, 0.3) is 5.13 Å². The lowest BCUT2D eigenvalue weighted by molar-refractivity contribution is 0.821. The maximum atomic E-state index is 4.25. The fraction of sp³-hybridized carbons (Fsp3) is 0.286. The summed E-state index contributed by atoms with van der Waals surface area (Å²) in [6.45, 7) is 3.78. The molecule has 2 rings (SSSR count). The second kappa shape index (κ2) is 3.19. The molecule has 0 spiro atoms. The molecule has 2 aromatic heterocycles. The molecule has 0 unspecified atom stereocenters. The Hall–Kier alpha value is -0.750. The van der Waals surface area contributed by atoms with Gasteiger partial charge in [0.05, 0.1) is 0 Å². The number of hydrogen-bond donors (Lipinski definition) is 0. The SMILES string of the molecule is Cc1nc(C)n(-c2nc(Br)cs2)n1. The summed E-state index contributed by atoms with van der Waals surface area (Å²) in [6, 6.07) is 0. The molecular formula is C7H7BrN4S. The predicted octanol–water partition coefficient (Wildman–Crippen LogP) is 2.10.